The molecule has 0 fully saturated rings. The van der Waals surface area contributed by atoms with Crippen LogP contribution in [0.2, 0.25) is 0 Å². The van der Waals surface area contributed by atoms with Crippen LogP contribution in [0.3, 0.4) is 0 Å². The molecular formula is C21H22O4. The number of hydrogen-bond donors (Lipinski definition) is 2. The first-order valence-corrected chi connectivity index (χ1v) is 8.62. The maximum absolute atomic E-state index is 12.3. The third-order valence-corrected chi connectivity index (χ3v) is 5.76. The van der Waals surface area contributed by atoms with Gasteiger partial charge in [-0.2, -0.15) is 0 Å². The Bertz CT molecular complexity index is 775. The second-order valence-corrected chi connectivity index (χ2v) is 6.64. The number of carbonyl (C=O) groups is 2. The smallest absolute Gasteiger partial charge is 0.310 e. The summed E-state index contributed by atoms with van der Waals surface area (Å²) < 4.78 is 0. The van der Waals surface area contributed by atoms with Gasteiger partial charge in [0.2, 0.25) is 0 Å². The lowest BCUT2D eigenvalue weighted by molar-refractivity contribution is -0.164. The van der Waals surface area contributed by atoms with Crippen molar-refractivity contribution in [3.8, 4) is 11.1 Å². The molecule has 0 radical (unpaired) electrons. The summed E-state index contributed by atoms with van der Waals surface area (Å²) in [6.07, 6.45) is 0.549. The molecule has 0 bridgehead atoms. The van der Waals surface area contributed by atoms with Gasteiger partial charge in [0, 0.05) is 5.92 Å². The van der Waals surface area contributed by atoms with Crippen molar-refractivity contribution in [3.63, 3.8) is 0 Å². The second-order valence-electron chi connectivity index (χ2n) is 6.64. The van der Waals surface area contributed by atoms with Crippen LogP contribution in [-0.2, 0) is 9.59 Å². The standard InChI is InChI=1S/C21H22O4/c1-3-21(4-2,20(24)25)18(19(22)23)17-15-11-7-5-9-13(15)14-10-6-8-12-16(14)17/h5-12,17-18H,3-4H2,1-2H3,(H,22,23)(H,24,25). The summed E-state index contributed by atoms with van der Waals surface area (Å²) in [6.45, 7) is 3.53. The summed E-state index contributed by atoms with van der Waals surface area (Å²) in [5.41, 5.74) is 2.51. The fourth-order valence-corrected chi connectivity index (χ4v) is 4.38. The van der Waals surface area contributed by atoms with Gasteiger partial charge >= 0.3 is 11.9 Å². The summed E-state index contributed by atoms with van der Waals surface area (Å²) >= 11 is 0. The van der Waals surface area contributed by atoms with E-state index in [0.29, 0.717) is 0 Å². The molecule has 2 aromatic carbocycles. The van der Waals surface area contributed by atoms with Gasteiger partial charge in [0.05, 0.1) is 11.3 Å². The molecule has 1 unspecified atom stereocenters. The van der Waals surface area contributed by atoms with Crippen LogP contribution >= 0.6 is 0 Å². The van der Waals surface area contributed by atoms with Gasteiger partial charge in [-0.05, 0) is 35.1 Å². The highest BCUT2D eigenvalue weighted by atomic mass is 16.4. The minimum absolute atomic E-state index is 0.274. The third-order valence-electron chi connectivity index (χ3n) is 5.76. The molecule has 3 rings (SSSR count). The molecule has 0 amide bonds. The topological polar surface area (TPSA) is 74.6 Å². The number of aliphatic carboxylic acids is 2. The van der Waals surface area contributed by atoms with Crippen molar-refractivity contribution < 1.29 is 19.8 Å². The van der Waals surface area contributed by atoms with Crippen LogP contribution in [0.25, 0.3) is 11.1 Å². The molecule has 2 aromatic rings. The van der Waals surface area contributed by atoms with Crippen molar-refractivity contribution >= 4 is 11.9 Å². The predicted octanol–water partition coefficient (Wildman–Crippen LogP) is 4.39. The first-order chi connectivity index (χ1) is 12.0. The van der Waals surface area contributed by atoms with Gasteiger partial charge in [-0.1, -0.05) is 62.4 Å². The van der Waals surface area contributed by atoms with E-state index >= 15 is 0 Å². The van der Waals surface area contributed by atoms with Crippen molar-refractivity contribution in [2.45, 2.75) is 32.6 Å². The van der Waals surface area contributed by atoms with Gasteiger partial charge in [-0.3, -0.25) is 9.59 Å². The summed E-state index contributed by atoms with van der Waals surface area (Å²) in [6, 6.07) is 15.4. The number of carboxylic acids is 2. The Kier molecular flexibility index (Phi) is 4.38. The van der Waals surface area contributed by atoms with E-state index in [0.717, 1.165) is 22.3 Å². The molecule has 1 aliphatic carbocycles. The van der Waals surface area contributed by atoms with Gasteiger partial charge in [0.15, 0.2) is 0 Å². The molecule has 4 heteroatoms. The molecule has 2 N–H and O–H groups in total. The fraction of sp³-hybridized carbons (Fsp3) is 0.333. The van der Waals surface area contributed by atoms with E-state index in [1.807, 2.05) is 48.5 Å². The summed E-state index contributed by atoms with van der Waals surface area (Å²) in [4.78, 5) is 24.5. The zero-order valence-electron chi connectivity index (χ0n) is 14.4. The number of carboxylic acid groups (broad SMARTS) is 2. The van der Waals surface area contributed by atoms with Gasteiger partial charge in [-0.15, -0.1) is 0 Å². The van der Waals surface area contributed by atoms with Gasteiger partial charge in [-0.25, -0.2) is 0 Å². The van der Waals surface area contributed by atoms with Crippen molar-refractivity contribution in [2.24, 2.45) is 11.3 Å². The Morgan fingerprint density at radius 3 is 1.72 bits per heavy atom. The highest BCUT2D eigenvalue weighted by Crippen LogP contribution is 2.54. The minimum Gasteiger partial charge on any atom is -0.481 e. The monoisotopic (exact) mass is 338 g/mol. The molecule has 0 heterocycles. The zero-order chi connectivity index (χ0) is 18.2. The Morgan fingerprint density at radius 1 is 0.920 bits per heavy atom. The normalized spacial score (nSPS) is 14.6. The van der Waals surface area contributed by atoms with E-state index in [2.05, 4.69) is 0 Å². The predicted molar refractivity (Wildman–Crippen MR) is 95.5 cm³/mol. The maximum atomic E-state index is 12.3. The number of benzene rings is 2. The van der Waals surface area contributed by atoms with Crippen LogP contribution < -0.4 is 0 Å². The van der Waals surface area contributed by atoms with Crippen molar-refractivity contribution in [2.75, 3.05) is 0 Å². The van der Waals surface area contributed by atoms with Crippen LogP contribution in [0.5, 0.6) is 0 Å². The van der Waals surface area contributed by atoms with E-state index in [1.165, 1.54) is 0 Å². The number of hydrogen-bond acceptors (Lipinski definition) is 2. The quantitative estimate of drug-likeness (QED) is 0.819. The molecule has 1 aliphatic rings. The fourth-order valence-electron chi connectivity index (χ4n) is 4.38. The van der Waals surface area contributed by atoms with Crippen LogP contribution in [0.4, 0.5) is 0 Å². The highest BCUT2D eigenvalue weighted by molar-refractivity contribution is 5.88. The maximum Gasteiger partial charge on any atom is 0.310 e. The lowest BCUT2D eigenvalue weighted by atomic mass is 9.64. The van der Waals surface area contributed by atoms with E-state index in [1.54, 1.807) is 13.8 Å². The second kappa shape index (κ2) is 6.36. The molecule has 0 spiro atoms. The Labute approximate surface area is 147 Å². The van der Waals surface area contributed by atoms with Crippen molar-refractivity contribution in [3.05, 3.63) is 59.7 Å². The summed E-state index contributed by atoms with van der Waals surface area (Å²) in [5.74, 6) is -3.57. The molecule has 4 nitrogen and oxygen atoms in total. The highest BCUT2D eigenvalue weighted by Gasteiger charge is 2.53. The number of rotatable bonds is 6. The largest absolute Gasteiger partial charge is 0.481 e. The van der Waals surface area contributed by atoms with E-state index in [9.17, 15) is 19.8 Å². The summed E-state index contributed by atoms with van der Waals surface area (Å²) in [7, 11) is 0. The Balaban J connectivity index is 2.28. The molecule has 0 aliphatic heterocycles. The molecule has 130 valence electrons. The van der Waals surface area contributed by atoms with Crippen LogP contribution in [0, 0.1) is 11.3 Å². The summed E-state index contributed by atoms with van der Waals surface area (Å²) in [5, 5.41) is 20.0. The molecule has 0 aromatic heterocycles. The lowest BCUT2D eigenvalue weighted by Crippen LogP contribution is -2.45. The first kappa shape index (κ1) is 17.2. The molecule has 25 heavy (non-hydrogen) atoms. The van der Waals surface area contributed by atoms with E-state index in [-0.39, 0.29) is 12.8 Å². The van der Waals surface area contributed by atoms with Crippen LogP contribution in [-0.4, -0.2) is 22.2 Å². The molecule has 0 saturated carbocycles. The van der Waals surface area contributed by atoms with Gasteiger partial charge < -0.3 is 10.2 Å². The lowest BCUT2D eigenvalue weighted by Gasteiger charge is -2.37. The Morgan fingerprint density at radius 2 is 1.36 bits per heavy atom. The van der Waals surface area contributed by atoms with Crippen molar-refractivity contribution in [1.82, 2.24) is 0 Å². The average Bonchev–Trinajstić information content (AvgIpc) is 2.93. The average molecular weight is 338 g/mol. The first-order valence-electron chi connectivity index (χ1n) is 8.62. The van der Waals surface area contributed by atoms with E-state index in [4.69, 9.17) is 0 Å². The zero-order valence-corrected chi connectivity index (χ0v) is 14.4. The van der Waals surface area contributed by atoms with Gasteiger partial charge in [0.1, 0.15) is 0 Å². The van der Waals surface area contributed by atoms with E-state index < -0.39 is 29.2 Å². The van der Waals surface area contributed by atoms with Crippen LogP contribution in [0.15, 0.2) is 48.5 Å². The van der Waals surface area contributed by atoms with Gasteiger partial charge in [0.25, 0.3) is 0 Å². The molecular weight excluding hydrogens is 316 g/mol. The SMILES string of the molecule is CCC(CC)(C(=O)O)C(C(=O)O)C1c2ccccc2-c2ccccc21. The molecule has 0 saturated heterocycles. The minimum atomic E-state index is -1.30. The van der Waals surface area contributed by atoms with Crippen molar-refractivity contribution in [1.29, 1.82) is 0 Å². The Hall–Kier alpha value is -2.62. The third kappa shape index (κ3) is 2.44. The number of fused-ring (bicyclic) bond motifs is 3. The van der Waals surface area contributed by atoms with Crippen LogP contribution in [0.1, 0.15) is 43.7 Å². The molecule has 1 atom stereocenters.